The number of benzene rings is 3. The number of halogens is 2. The van der Waals surface area contributed by atoms with Crippen LogP contribution in [0.2, 0.25) is 10.0 Å². The fraction of sp³-hybridized carbons (Fsp3) is 0.160. The molecule has 0 aliphatic heterocycles. The number of esters is 1. The molecule has 3 rings (SSSR count). The predicted octanol–water partition coefficient (Wildman–Crippen LogP) is 5.35. The van der Waals surface area contributed by atoms with Gasteiger partial charge in [0.15, 0.2) is 0 Å². The number of carbonyl (C=O) groups is 3. The first-order valence-corrected chi connectivity index (χ1v) is 11.0. The van der Waals surface area contributed by atoms with Crippen molar-refractivity contribution in [3.8, 4) is 11.1 Å². The van der Waals surface area contributed by atoms with Gasteiger partial charge < -0.3 is 14.8 Å². The molecule has 0 bridgehead atoms. The van der Waals surface area contributed by atoms with E-state index in [1.54, 1.807) is 30.3 Å². The molecule has 9 heteroatoms. The van der Waals surface area contributed by atoms with Crippen molar-refractivity contribution < 1.29 is 23.9 Å². The van der Waals surface area contributed by atoms with Crippen molar-refractivity contribution in [2.24, 2.45) is 0 Å². The number of para-hydroxylation sites is 1. The molecule has 0 fully saturated rings. The Morgan fingerprint density at radius 2 is 1.50 bits per heavy atom. The summed E-state index contributed by atoms with van der Waals surface area (Å²) in [7, 11) is 2.54. The van der Waals surface area contributed by atoms with Crippen LogP contribution < -0.4 is 10.6 Å². The summed E-state index contributed by atoms with van der Waals surface area (Å²) >= 11 is 12.2. The van der Waals surface area contributed by atoms with E-state index in [4.69, 9.17) is 27.9 Å². The first-order valence-electron chi connectivity index (χ1n) is 10.2. The van der Waals surface area contributed by atoms with Gasteiger partial charge in [0.25, 0.3) is 5.91 Å². The van der Waals surface area contributed by atoms with Crippen LogP contribution in [0.15, 0.2) is 66.7 Å². The van der Waals surface area contributed by atoms with Crippen molar-refractivity contribution in [2.75, 3.05) is 19.5 Å². The lowest BCUT2D eigenvalue weighted by Gasteiger charge is -2.18. The molecule has 1 atom stereocenters. The number of carbonyl (C=O) groups excluding carboxylic acids is 3. The van der Waals surface area contributed by atoms with E-state index in [0.29, 0.717) is 5.69 Å². The summed E-state index contributed by atoms with van der Waals surface area (Å²) in [4.78, 5) is 36.8. The average molecular weight is 501 g/mol. The molecule has 0 spiro atoms. The van der Waals surface area contributed by atoms with Crippen LogP contribution in [-0.2, 0) is 20.7 Å². The van der Waals surface area contributed by atoms with E-state index in [0.717, 1.165) is 16.7 Å². The summed E-state index contributed by atoms with van der Waals surface area (Å²) in [6.07, 6.45) is -0.387. The molecule has 0 heterocycles. The number of nitrogens with one attached hydrogen (secondary N) is 2. The number of ether oxygens (including phenoxy) is 2. The second-order valence-electron chi connectivity index (χ2n) is 7.21. The second kappa shape index (κ2) is 11.5. The van der Waals surface area contributed by atoms with Crippen molar-refractivity contribution in [3.63, 3.8) is 0 Å². The van der Waals surface area contributed by atoms with Crippen molar-refractivity contribution in [1.82, 2.24) is 5.32 Å². The normalized spacial score (nSPS) is 11.3. The van der Waals surface area contributed by atoms with Gasteiger partial charge in [-0.05, 0) is 29.3 Å². The average Bonchev–Trinajstić information content (AvgIpc) is 2.83. The fourth-order valence-corrected chi connectivity index (χ4v) is 3.91. The molecular formula is C25H22Cl2N2O5. The Labute approximate surface area is 207 Å². The van der Waals surface area contributed by atoms with Crippen molar-refractivity contribution in [2.45, 2.75) is 12.5 Å². The van der Waals surface area contributed by atoms with E-state index in [9.17, 15) is 14.4 Å². The lowest BCUT2D eigenvalue weighted by atomic mass is 9.99. The largest absolute Gasteiger partial charge is 0.467 e. The Bertz CT molecular complexity index is 1180. The highest BCUT2D eigenvalue weighted by atomic mass is 35.5. The molecule has 3 aromatic carbocycles. The minimum atomic E-state index is -0.955. The molecule has 0 saturated heterocycles. The van der Waals surface area contributed by atoms with Crippen LogP contribution in [0.1, 0.15) is 15.9 Å². The second-order valence-corrected chi connectivity index (χ2v) is 8.02. The molecule has 0 saturated carbocycles. The molecule has 0 aliphatic rings. The maximum Gasteiger partial charge on any atom is 0.411 e. The highest BCUT2D eigenvalue weighted by Gasteiger charge is 2.25. The van der Waals surface area contributed by atoms with Crippen LogP contribution in [0.3, 0.4) is 0 Å². The summed E-state index contributed by atoms with van der Waals surface area (Å²) in [5, 5.41) is 5.69. The van der Waals surface area contributed by atoms with E-state index in [2.05, 4.69) is 15.4 Å². The number of methoxy groups -OCH3 is 2. The number of hydrogen-bond acceptors (Lipinski definition) is 5. The minimum absolute atomic E-state index is 0.0878. The highest BCUT2D eigenvalue weighted by molar-refractivity contribution is 6.39. The first kappa shape index (κ1) is 25.1. The number of anilines is 1. The van der Waals surface area contributed by atoms with Crippen molar-refractivity contribution in [3.05, 3.63) is 87.9 Å². The van der Waals surface area contributed by atoms with Gasteiger partial charge in [-0.3, -0.25) is 10.1 Å². The van der Waals surface area contributed by atoms with Gasteiger partial charge in [0.05, 0.1) is 35.5 Å². The Morgan fingerprint density at radius 1 is 0.853 bits per heavy atom. The van der Waals surface area contributed by atoms with Gasteiger partial charge in [-0.15, -0.1) is 0 Å². The molecule has 34 heavy (non-hydrogen) atoms. The topological polar surface area (TPSA) is 93.7 Å². The molecule has 2 N–H and O–H groups in total. The summed E-state index contributed by atoms with van der Waals surface area (Å²) < 4.78 is 9.54. The third-order valence-corrected chi connectivity index (χ3v) is 5.66. The number of amides is 2. The zero-order chi connectivity index (χ0) is 24.7. The quantitative estimate of drug-likeness (QED) is 0.426. The van der Waals surface area contributed by atoms with Gasteiger partial charge in [0.2, 0.25) is 0 Å². The third-order valence-electron chi connectivity index (χ3n) is 5.03. The van der Waals surface area contributed by atoms with E-state index < -0.39 is 24.0 Å². The lowest BCUT2D eigenvalue weighted by Crippen LogP contribution is -2.43. The third kappa shape index (κ3) is 6.07. The molecule has 0 radical (unpaired) electrons. The SMILES string of the molecule is COC(=O)Nc1ccccc1-c1ccc(C[C@H](NC(=O)c2c(Cl)cccc2Cl)C(=O)OC)cc1. The van der Waals surface area contributed by atoms with E-state index >= 15 is 0 Å². The molecule has 0 unspecified atom stereocenters. The Balaban J connectivity index is 1.80. The predicted molar refractivity (Wildman–Crippen MR) is 131 cm³/mol. The van der Waals surface area contributed by atoms with E-state index in [-0.39, 0.29) is 22.0 Å². The van der Waals surface area contributed by atoms with Gasteiger partial charge in [0, 0.05) is 12.0 Å². The zero-order valence-electron chi connectivity index (χ0n) is 18.4. The Hall–Kier alpha value is -3.55. The Morgan fingerprint density at radius 3 is 2.12 bits per heavy atom. The van der Waals surface area contributed by atoms with Crippen molar-refractivity contribution in [1.29, 1.82) is 0 Å². The van der Waals surface area contributed by atoms with Crippen LogP contribution in [0.25, 0.3) is 11.1 Å². The van der Waals surface area contributed by atoms with Crippen LogP contribution in [0.5, 0.6) is 0 Å². The van der Waals surface area contributed by atoms with Gasteiger partial charge in [-0.25, -0.2) is 9.59 Å². The molecule has 3 aromatic rings. The maximum atomic E-state index is 12.8. The Kier molecular flexibility index (Phi) is 8.51. The summed E-state index contributed by atoms with van der Waals surface area (Å²) in [6, 6.07) is 18.4. The van der Waals surface area contributed by atoms with E-state index in [1.807, 2.05) is 36.4 Å². The number of rotatable bonds is 7. The van der Waals surface area contributed by atoms with Gasteiger partial charge in [0.1, 0.15) is 6.04 Å². The zero-order valence-corrected chi connectivity index (χ0v) is 19.9. The van der Waals surface area contributed by atoms with Gasteiger partial charge >= 0.3 is 12.1 Å². The smallest absolute Gasteiger partial charge is 0.411 e. The lowest BCUT2D eigenvalue weighted by molar-refractivity contribution is -0.142. The summed E-state index contributed by atoms with van der Waals surface area (Å²) in [5.74, 6) is -1.18. The van der Waals surface area contributed by atoms with E-state index in [1.165, 1.54) is 14.2 Å². The van der Waals surface area contributed by atoms with Crippen LogP contribution in [0.4, 0.5) is 10.5 Å². The molecule has 7 nitrogen and oxygen atoms in total. The standard InChI is InChI=1S/C25H22Cl2N2O5/c1-33-24(31)21(28-23(30)22-18(26)7-5-8-19(22)27)14-15-10-12-16(13-11-15)17-6-3-4-9-20(17)29-25(32)34-2/h3-13,21H,14H2,1-2H3,(H,28,30)(H,29,32)/t21-/m0/s1. The number of hydrogen-bond donors (Lipinski definition) is 2. The molecule has 0 aliphatic carbocycles. The first-order chi connectivity index (χ1) is 16.3. The molecule has 176 valence electrons. The van der Waals surface area contributed by atoms with Gasteiger partial charge in [-0.2, -0.15) is 0 Å². The molecule has 0 aromatic heterocycles. The van der Waals surface area contributed by atoms with Crippen LogP contribution in [-0.4, -0.2) is 38.2 Å². The monoisotopic (exact) mass is 500 g/mol. The highest BCUT2D eigenvalue weighted by Crippen LogP contribution is 2.29. The van der Waals surface area contributed by atoms with Crippen LogP contribution in [0, 0.1) is 0 Å². The molecule has 2 amide bonds. The van der Waals surface area contributed by atoms with Crippen molar-refractivity contribution >= 4 is 46.9 Å². The maximum absolute atomic E-state index is 12.8. The fourth-order valence-electron chi connectivity index (χ4n) is 3.34. The van der Waals surface area contributed by atoms with Gasteiger partial charge in [-0.1, -0.05) is 71.7 Å². The summed E-state index contributed by atoms with van der Waals surface area (Å²) in [5.41, 5.74) is 3.11. The minimum Gasteiger partial charge on any atom is -0.467 e. The molecular weight excluding hydrogens is 479 g/mol. The summed E-state index contributed by atoms with van der Waals surface area (Å²) in [6.45, 7) is 0. The van der Waals surface area contributed by atoms with Crippen LogP contribution >= 0.6 is 23.2 Å².